The Balaban J connectivity index is 2.87. The van der Waals surface area contributed by atoms with Crippen LogP contribution in [0.5, 0.6) is 5.75 Å². The molecule has 1 atom stereocenters. The van der Waals surface area contributed by atoms with Crippen LogP contribution in [0.15, 0.2) is 18.2 Å². The van der Waals surface area contributed by atoms with Crippen LogP contribution in [-0.2, 0) is 0 Å². The van der Waals surface area contributed by atoms with Gasteiger partial charge in [0.2, 0.25) is 0 Å². The van der Waals surface area contributed by atoms with Gasteiger partial charge >= 0.3 is 0 Å². The Kier molecular flexibility index (Phi) is 3.91. The summed E-state index contributed by atoms with van der Waals surface area (Å²) in [5.41, 5.74) is -0.104. The van der Waals surface area contributed by atoms with Crippen molar-refractivity contribution >= 4 is 17.3 Å². The Bertz CT molecular complexity index is 368. The van der Waals surface area contributed by atoms with E-state index >= 15 is 0 Å². The summed E-state index contributed by atoms with van der Waals surface area (Å²) in [4.78, 5) is 9.97. The molecule has 4 nitrogen and oxygen atoms in total. The molecule has 0 spiro atoms. The Morgan fingerprint density at radius 2 is 2.27 bits per heavy atom. The monoisotopic (exact) mass is 229 g/mol. The first-order valence-electron chi connectivity index (χ1n) is 4.65. The Hall–Kier alpha value is -1.29. The molecule has 15 heavy (non-hydrogen) atoms. The quantitative estimate of drug-likeness (QED) is 0.587. The zero-order chi connectivity index (χ0) is 11.4. The number of rotatable bonds is 4. The Labute approximate surface area is 93.0 Å². The van der Waals surface area contributed by atoms with Crippen LogP contribution in [0.2, 0.25) is 5.02 Å². The lowest BCUT2D eigenvalue weighted by Crippen LogP contribution is -2.09. The van der Waals surface area contributed by atoms with Gasteiger partial charge < -0.3 is 4.74 Å². The Morgan fingerprint density at radius 1 is 1.60 bits per heavy atom. The van der Waals surface area contributed by atoms with Crippen molar-refractivity contribution in [1.82, 2.24) is 0 Å². The minimum atomic E-state index is -0.518. The summed E-state index contributed by atoms with van der Waals surface area (Å²) in [6.45, 7) is 3.92. The summed E-state index contributed by atoms with van der Waals surface area (Å²) in [7, 11) is 0. The molecule has 0 aliphatic carbocycles. The maximum Gasteiger partial charge on any atom is 0.288 e. The number of nitrogens with zero attached hydrogens (tertiary/aromatic N) is 1. The summed E-state index contributed by atoms with van der Waals surface area (Å²) < 4.78 is 5.47. The fourth-order valence-corrected chi connectivity index (χ4v) is 1.26. The lowest BCUT2D eigenvalue weighted by Gasteiger charge is -2.12. The van der Waals surface area contributed by atoms with Crippen molar-refractivity contribution in [3.8, 4) is 5.75 Å². The van der Waals surface area contributed by atoms with Gasteiger partial charge in [-0.25, -0.2) is 0 Å². The number of hydrogen-bond donors (Lipinski definition) is 0. The number of halogens is 1. The third kappa shape index (κ3) is 3.09. The first-order chi connectivity index (χ1) is 7.04. The zero-order valence-electron chi connectivity index (χ0n) is 8.57. The van der Waals surface area contributed by atoms with Gasteiger partial charge in [-0.3, -0.25) is 10.1 Å². The number of benzene rings is 1. The standard InChI is InChI=1S/C10H12ClNO3/c1-3-7(2)15-8-4-5-10(12(13)14)9(11)6-8/h4-7H,3H2,1-2H3. The van der Waals surface area contributed by atoms with Crippen molar-refractivity contribution in [2.75, 3.05) is 0 Å². The number of nitro benzene ring substituents is 1. The number of ether oxygens (including phenoxy) is 1. The van der Waals surface area contributed by atoms with E-state index in [1.807, 2.05) is 13.8 Å². The molecule has 0 fully saturated rings. The summed E-state index contributed by atoms with van der Waals surface area (Å²) in [5, 5.41) is 10.6. The van der Waals surface area contributed by atoms with Crippen LogP contribution in [0.4, 0.5) is 5.69 Å². The van der Waals surface area contributed by atoms with Crippen LogP contribution in [0.1, 0.15) is 20.3 Å². The van der Waals surface area contributed by atoms with E-state index in [0.717, 1.165) is 6.42 Å². The van der Waals surface area contributed by atoms with E-state index in [2.05, 4.69) is 0 Å². The molecule has 0 amide bonds. The lowest BCUT2D eigenvalue weighted by molar-refractivity contribution is -0.384. The van der Waals surface area contributed by atoms with E-state index < -0.39 is 4.92 Å². The van der Waals surface area contributed by atoms with Crippen molar-refractivity contribution < 1.29 is 9.66 Å². The van der Waals surface area contributed by atoms with Gasteiger partial charge in [-0.15, -0.1) is 0 Å². The molecule has 0 heterocycles. The van der Waals surface area contributed by atoms with Gasteiger partial charge in [-0.05, 0) is 19.4 Å². The van der Waals surface area contributed by atoms with Gasteiger partial charge in [-0.1, -0.05) is 18.5 Å². The van der Waals surface area contributed by atoms with Crippen LogP contribution >= 0.6 is 11.6 Å². The third-order valence-electron chi connectivity index (χ3n) is 2.03. The predicted molar refractivity (Wildman–Crippen MR) is 58.5 cm³/mol. The van der Waals surface area contributed by atoms with Crippen LogP contribution in [0.3, 0.4) is 0 Å². The van der Waals surface area contributed by atoms with E-state index in [1.165, 1.54) is 12.1 Å². The highest BCUT2D eigenvalue weighted by molar-refractivity contribution is 6.32. The van der Waals surface area contributed by atoms with Gasteiger partial charge in [0.25, 0.3) is 5.69 Å². The molecule has 0 N–H and O–H groups in total. The highest BCUT2D eigenvalue weighted by Gasteiger charge is 2.13. The normalized spacial score (nSPS) is 12.2. The minimum absolute atomic E-state index is 0.0718. The van der Waals surface area contributed by atoms with Crippen LogP contribution in [0.25, 0.3) is 0 Å². The molecule has 0 aliphatic rings. The highest BCUT2D eigenvalue weighted by atomic mass is 35.5. The van der Waals surface area contributed by atoms with E-state index in [9.17, 15) is 10.1 Å². The first kappa shape index (κ1) is 11.8. The van der Waals surface area contributed by atoms with Gasteiger partial charge in [-0.2, -0.15) is 0 Å². The van der Waals surface area contributed by atoms with Crippen LogP contribution in [0, 0.1) is 10.1 Å². The summed E-state index contributed by atoms with van der Waals surface area (Å²) in [6.07, 6.45) is 0.941. The molecule has 82 valence electrons. The van der Waals surface area contributed by atoms with E-state index in [4.69, 9.17) is 16.3 Å². The average molecular weight is 230 g/mol. The number of nitro groups is 1. The Morgan fingerprint density at radius 3 is 2.73 bits per heavy atom. The van der Waals surface area contributed by atoms with Gasteiger partial charge in [0.05, 0.1) is 11.0 Å². The molecule has 1 aromatic carbocycles. The topological polar surface area (TPSA) is 52.4 Å². The molecule has 0 saturated carbocycles. The molecular formula is C10H12ClNO3. The van der Waals surface area contributed by atoms with Crippen molar-refractivity contribution in [3.05, 3.63) is 33.3 Å². The summed E-state index contributed by atoms with van der Waals surface area (Å²) in [5.74, 6) is 0.556. The van der Waals surface area contributed by atoms with Crippen LogP contribution < -0.4 is 4.74 Å². The molecule has 0 bridgehead atoms. The van der Waals surface area contributed by atoms with Crippen molar-refractivity contribution in [3.63, 3.8) is 0 Å². The SMILES string of the molecule is CCC(C)Oc1ccc([N+](=O)[O-])c(Cl)c1. The molecule has 1 aromatic rings. The van der Waals surface area contributed by atoms with Crippen molar-refractivity contribution in [1.29, 1.82) is 0 Å². The highest BCUT2D eigenvalue weighted by Crippen LogP contribution is 2.28. The molecular weight excluding hydrogens is 218 g/mol. The molecule has 1 unspecified atom stereocenters. The fourth-order valence-electron chi connectivity index (χ4n) is 1.02. The predicted octanol–water partition coefficient (Wildman–Crippen LogP) is 3.43. The zero-order valence-corrected chi connectivity index (χ0v) is 9.32. The second-order valence-electron chi connectivity index (χ2n) is 3.21. The van der Waals surface area contributed by atoms with E-state index in [0.29, 0.717) is 5.75 Å². The second-order valence-corrected chi connectivity index (χ2v) is 3.61. The van der Waals surface area contributed by atoms with Crippen LogP contribution in [-0.4, -0.2) is 11.0 Å². The lowest BCUT2D eigenvalue weighted by atomic mass is 10.3. The minimum Gasteiger partial charge on any atom is -0.491 e. The largest absolute Gasteiger partial charge is 0.491 e. The van der Waals surface area contributed by atoms with Gasteiger partial charge in [0.15, 0.2) is 0 Å². The second kappa shape index (κ2) is 4.98. The van der Waals surface area contributed by atoms with E-state index in [1.54, 1.807) is 6.07 Å². The smallest absolute Gasteiger partial charge is 0.288 e. The maximum atomic E-state index is 10.5. The summed E-state index contributed by atoms with van der Waals surface area (Å²) >= 11 is 5.73. The molecule has 5 heteroatoms. The van der Waals surface area contributed by atoms with Gasteiger partial charge in [0.1, 0.15) is 10.8 Å². The van der Waals surface area contributed by atoms with Gasteiger partial charge in [0, 0.05) is 12.1 Å². The molecule has 0 saturated heterocycles. The van der Waals surface area contributed by atoms with Crippen molar-refractivity contribution in [2.45, 2.75) is 26.4 Å². The van der Waals surface area contributed by atoms with Crippen molar-refractivity contribution in [2.24, 2.45) is 0 Å². The maximum absolute atomic E-state index is 10.5. The first-order valence-corrected chi connectivity index (χ1v) is 5.03. The molecule has 0 aromatic heterocycles. The fraction of sp³-hybridized carbons (Fsp3) is 0.400. The molecule has 0 aliphatic heterocycles. The molecule has 1 rings (SSSR count). The third-order valence-corrected chi connectivity index (χ3v) is 2.33. The summed E-state index contributed by atoms with van der Waals surface area (Å²) in [6, 6.07) is 4.36. The number of hydrogen-bond acceptors (Lipinski definition) is 3. The average Bonchev–Trinajstić information content (AvgIpc) is 2.17. The molecule has 0 radical (unpaired) electrons. The van der Waals surface area contributed by atoms with E-state index in [-0.39, 0.29) is 16.8 Å².